The highest BCUT2D eigenvalue weighted by Crippen LogP contribution is 2.23. The molecule has 0 saturated heterocycles. The van der Waals surface area contributed by atoms with Gasteiger partial charge in [0.15, 0.2) is 0 Å². The third-order valence-corrected chi connectivity index (χ3v) is 5.24. The van der Waals surface area contributed by atoms with E-state index in [4.69, 9.17) is 0 Å². The molecule has 6 nitrogen and oxygen atoms in total. The Labute approximate surface area is 138 Å². The topological polar surface area (TPSA) is 74.3 Å². The summed E-state index contributed by atoms with van der Waals surface area (Å²) in [7, 11) is -0.598. The van der Waals surface area contributed by atoms with Crippen molar-refractivity contribution in [3.63, 3.8) is 0 Å². The zero-order valence-electron chi connectivity index (χ0n) is 12.5. The Morgan fingerprint density at radius 2 is 1.82 bits per heavy atom. The first-order valence-corrected chi connectivity index (χ1v) is 8.71. The fraction of sp³-hybridized carbons (Fsp3) is 0.214. The molecule has 1 aromatic carbocycles. The van der Waals surface area contributed by atoms with Crippen molar-refractivity contribution >= 4 is 43.3 Å². The zero-order valence-corrected chi connectivity index (χ0v) is 14.9. The molecule has 0 aliphatic carbocycles. The second-order valence-electron chi connectivity index (χ2n) is 4.91. The number of rotatable bonds is 5. The molecule has 0 aliphatic rings. The van der Waals surface area contributed by atoms with Crippen molar-refractivity contribution in [1.29, 1.82) is 0 Å². The van der Waals surface area contributed by atoms with Gasteiger partial charge in [0.25, 0.3) is 0 Å². The van der Waals surface area contributed by atoms with Crippen molar-refractivity contribution in [3.05, 3.63) is 46.6 Å². The summed E-state index contributed by atoms with van der Waals surface area (Å²) in [6, 6.07) is 9.26. The van der Waals surface area contributed by atoms with Gasteiger partial charge in [-0.2, -0.15) is 12.7 Å². The van der Waals surface area contributed by atoms with E-state index in [1.807, 2.05) is 25.1 Å². The molecule has 0 bridgehead atoms. The Kier molecular flexibility index (Phi) is 5.05. The predicted molar refractivity (Wildman–Crippen MR) is 92.6 cm³/mol. The van der Waals surface area contributed by atoms with Crippen LogP contribution in [0.15, 0.2) is 41.0 Å². The quantitative estimate of drug-likeness (QED) is 0.830. The van der Waals surface area contributed by atoms with Crippen LogP contribution in [-0.4, -0.2) is 31.8 Å². The largest absolute Gasteiger partial charge is 0.340 e. The molecule has 2 rings (SSSR count). The minimum absolute atomic E-state index is 0.407. The van der Waals surface area contributed by atoms with E-state index in [1.54, 1.807) is 12.1 Å². The lowest BCUT2D eigenvalue weighted by atomic mass is 10.2. The van der Waals surface area contributed by atoms with Crippen LogP contribution in [0.25, 0.3) is 0 Å². The molecule has 0 saturated carbocycles. The Hall–Kier alpha value is -1.64. The summed E-state index contributed by atoms with van der Waals surface area (Å²) in [6.07, 6.45) is 1.46. The first kappa shape index (κ1) is 16.7. The van der Waals surface area contributed by atoms with Crippen molar-refractivity contribution < 1.29 is 8.42 Å². The first-order chi connectivity index (χ1) is 10.3. The van der Waals surface area contributed by atoms with Crippen LogP contribution in [0.3, 0.4) is 0 Å². The normalized spacial score (nSPS) is 11.5. The number of halogens is 1. The second kappa shape index (κ2) is 6.64. The molecule has 0 spiro atoms. The monoisotopic (exact) mass is 384 g/mol. The van der Waals surface area contributed by atoms with Gasteiger partial charge in [-0.1, -0.05) is 22.0 Å². The van der Waals surface area contributed by atoms with Gasteiger partial charge in [-0.05, 0) is 36.8 Å². The highest BCUT2D eigenvalue weighted by Gasteiger charge is 2.12. The average Bonchev–Trinajstić information content (AvgIpc) is 2.44. The highest BCUT2D eigenvalue weighted by molar-refractivity contribution is 9.10. The summed E-state index contributed by atoms with van der Waals surface area (Å²) >= 11 is 3.48. The van der Waals surface area contributed by atoms with Gasteiger partial charge in [0.1, 0.15) is 5.82 Å². The van der Waals surface area contributed by atoms with Crippen molar-refractivity contribution in [1.82, 2.24) is 9.29 Å². The molecule has 8 heteroatoms. The van der Waals surface area contributed by atoms with E-state index < -0.39 is 10.2 Å². The molecule has 0 atom stereocenters. The van der Waals surface area contributed by atoms with E-state index in [0.29, 0.717) is 11.5 Å². The number of hydrogen-bond donors (Lipinski definition) is 2. The lowest BCUT2D eigenvalue weighted by molar-refractivity contribution is 0.527. The molecule has 1 aromatic heterocycles. The number of pyridine rings is 1. The minimum Gasteiger partial charge on any atom is -0.340 e. The number of nitrogens with one attached hydrogen (secondary N) is 2. The summed E-state index contributed by atoms with van der Waals surface area (Å²) in [5.41, 5.74) is 2.45. The average molecular weight is 385 g/mol. The molecular formula is C14H17BrN4O2S. The molecule has 118 valence electrons. The number of nitrogens with zero attached hydrogens (tertiary/aromatic N) is 2. The first-order valence-electron chi connectivity index (χ1n) is 6.47. The summed E-state index contributed by atoms with van der Waals surface area (Å²) in [6.45, 7) is 2.01. The number of benzene rings is 1. The van der Waals surface area contributed by atoms with Crippen LogP contribution in [0.1, 0.15) is 5.56 Å². The van der Waals surface area contributed by atoms with Gasteiger partial charge >= 0.3 is 10.2 Å². The predicted octanol–water partition coefficient (Wildman–Crippen LogP) is 3.11. The minimum atomic E-state index is -3.52. The maximum absolute atomic E-state index is 11.7. The Bertz CT molecular complexity index is 761. The van der Waals surface area contributed by atoms with Crippen LogP contribution < -0.4 is 10.0 Å². The van der Waals surface area contributed by atoms with Crippen molar-refractivity contribution in [2.24, 2.45) is 0 Å². The van der Waals surface area contributed by atoms with Crippen LogP contribution >= 0.6 is 15.9 Å². The molecule has 0 radical (unpaired) electrons. The fourth-order valence-electron chi connectivity index (χ4n) is 1.59. The molecule has 0 unspecified atom stereocenters. The standard InChI is InChI=1S/C14H17BrN4O2S/c1-10-4-5-11(8-13(10)15)17-14-7-6-12(9-16-14)18-22(20,21)19(2)3/h4-9,18H,1-3H3,(H,16,17). The van der Waals surface area contributed by atoms with Gasteiger partial charge in [-0.15, -0.1) is 0 Å². The molecular weight excluding hydrogens is 368 g/mol. The van der Waals surface area contributed by atoms with Crippen LogP contribution in [0.4, 0.5) is 17.2 Å². The lowest BCUT2D eigenvalue weighted by Crippen LogP contribution is -2.28. The SMILES string of the molecule is Cc1ccc(Nc2ccc(NS(=O)(=O)N(C)C)cn2)cc1Br. The Morgan fingerprint density at radius 1 is 1.14 bits per heavy atom. The molecule has 2 N–H and O–H groups in total. The highest BCUT2D eigenvalue weighted by atomic mass is 79.9. The van der Waals surface area contributed by atoms with E-state index in [1.165, 1.54) is 20.3 Å². The van der Waals surface area contributed by atoms with Gasteiger partial charge in [0.05, 0.1) is 11.9 Å². The van der Waals surface area contributed by atoms with Gasteiger partial charge in [0.2, 0.25) is 0 Å². The third-order valence-electron chi connectivity index (χ3n) is 2.94. The summed E-state index contributed by atoms with van der Waals surface area (Å²) in [5.74, 6) is 0.628. The number of aromatic nitrogens is 1. The summed E-state index contributed by atoms with van der Waals surface area (Å²) in [5, 5.41) is 3.16. The van der Waals surface area contributed by atoms with E-state index in [-0.39, 0.29) is 0 Å². The number of hydrogen-bond acceptors (Lipinski definition) is 4. The van der Waals surface area contributed by atoms with Crippen molar-refractivity contribution in [2.75, 3.05) is 24.1 Å². The number of anilines is 3. The van der Waals surface area contributed by atoms with Crippen LogP contribution in [-0.2, 0) is 10.2 Å². The van der Waals surface area contributed by atoms with Gasteiger partial charge in [-0.3, -0.25) is 4.72 Å². The molecule has 0 fully saturated rings. The van der Waals surface area contributed by atoms with E-state index >= 15 is 0 Å². The van der Waals surface area contributed by atoms with Crippen LogP contribution in [0, 0.1) is 6.92 Å². The van der Waals surface area contributed by atoms with E-state index in [0.717, 1.165) is 20.0 Å². The Balaban J connectivity index is 2.10. The zero-order chi connectivity index (χ0) is 16.3. The maximum Gasteiger partial charge on any atom is 0.301 e. The summed E-state index contributed by atoms with van der Waals surface area (Å²) in [4.78, 5) is 4.20. The smallest absolute Gasteiger partial charge is 0.301 e. The van der Waals surface area contributed by atoms with Gasteiger partial charge in [-0.25, -0.2) is 4.98 Å². The molecule has 2 aromatic rings. The molecule has 0 aliphatic heterocycles. The lowest BCUT2D eigenvalue weighted by Gasteiger charge is -2.13. The fourth-order valence-corrected chi connectivity index (χ4v) is 2.57. The van der Waals surface area contributed by atoms with Crippen molar-refractivity contribution in [2.45, 2.75) is 6.92 Å². The van der Waals surface area contributed by atoms with Crippen molar-refractivity contribution in [3.8, 4) is 0 Å². The van der Waals surface area contributed by atoms with Crippen LogP contribution in [0.5, 0.6) is 0 Å². The van der Waals surface area contributed by atoms with Crippen LogP contribution in [0.2, 0.25) is 0 Å². The van der Waals surface area contributed by atoms with Gasteiger partial charge in [0, 0.05) is 24.3 Å². The molecule has 22 heavy (non-hydrogen) atoms. The molecule has 1 heterocycles. The second-order valence-corrected chi connectivity index (χ2v) is 7.65. The van der Waals surface area contributed by atoms with E-state index in [2.05, 4.69) is 31.0 Å². The van der Waals surface area contributed by atoms with E-state index in [9.17, 15) is 8.42 Å². The third kappa shape index (κ3) is 4.19. The molecule has 0 amide bonds. The van der Waals surface area contributed by atoms with Gasteiger partial charge < -0.3 is 5.32 Å². The maximum atomic E-state index is 11.7. The summed E-state index contributed by atoms with van der Waals surface area (Å²) < 4.78 is 28.0. The Morgan fingerprint density at radius 3 is 2.36 bits per heavy atom. The number of aryl methyl sites for hydroxylation is 1.